The molecule has 0 aliphatic rings. The molecular formula is C24H32N6. The van der Waals surface area contributed by atoms with E-state index in [9.17, 15) is 0 Å². The molecule has 0 saturated carbocycles. The van der Waals surface area contributed by atoms with Gasteiger partial charge in [-0.15, -0.1) is 0 Å². The third kappa shape index (κ3) is 3.48. The van der Waals surface area contributed by atoms with Crippen LogP contribution in [0.3, 0.4) is 0 Å². The lowest BCUT2D eigenvalue weighted by atomic mass is 10.1. The zero-order chi connectivity index (χ0) is 21.6. The maximum Gasteiger partial charge on any atom is 0.144 e. The molecule has 4 rings (SSSR count). The van der Waals surface area contributed by atoms with Gasteiger partial charge in [-0.05, 0) is 45.7 Å². The standard InChI is InChI=1S/C24H32N6/c1-14(2)21-11-18-12-26-22(28-24(18)30(21)16(5)6)10-17(7)23-27-19-13-25-9-8-20(19)29(23)15(3)4/h8-9,11-17H,10H2,1-7H3. The average molecular weight is 405 g/mol. The van der Waals surface area contributed by atoms with Crippen molar-refractivity contribution in [1.29, 1.82) is 0 Å². The molecule has 0 saturated heterocycles. The number of nitrogens with zero attached hydrogens (tertiary/aromatic N) is 6. The van der Waals surface area contributed by atoms with Gasteiger partial charge in [0, 0.05) is 47.9 Å². The predicted octanol–water partition coefficient (Wildman–Crippen LogP) is 5.81. The summed E-state index contributed by atoms with van der Waals surface area (Å²) in [6.07, 6.45) is 6.40. The first-order valence-corrected chi connectivity index (χ1v) is 11.0. The van der Waals surface area contributed by atoms with E-state index in [2.05, 4.69) is 68.7 Å². The smallest absolute Gasteiger partial charge is 0.144 e. The van der Waals surface area contributed by atoms with E-state index < -0.39 is 0 Å². The number of rotatable bonds is 6. The Morgan fingerprint density at radius 2 is 1.63 bits per heavy atom. The van der Waals surface area contributed by atoms with Crippen molar-refractivity contribution >= 4 is 22.1 Å². The fourth-order valence-electron chi connectivity index (χ4n) is 4.37. The van der Waals surface area contributed by atoms with Gasteiger partial charge in [-0.2, -0.15) is 0 Å². The highest BCUT2D eigenvalue weighted by Crippen LogP contribution is 2.30. The Bertz CT molecular complexity index is 1180. The van der Waals surface area contributed by atoms with Crippen LogP contribution in [0.1, 0.15) is 89.7 Å². The minimum absolute atomic E-state index is 0.198. The third-order valence-corrected chi connectivity index (χ3v) is 5.73. The maximum absolute atomic E-state index is 5.00. The van der Waals surface area contributed by atoms with E-state index in [4.69, 9.17) is 15.0 Å². The number of hydrogen-bond acceptors (Lipinski definition) is 4. The van der Waals surface area contributed by atoms with E-state index in [0.29, 0.717) is 18.0 Å². The highest BCUT2D eigenvalue weighted by atomic mass is 15.1. The third-order valence-electron chi connectivity index (χ3n) is 5.73. The molecule has 158 valence electrons. The number of fused-ring (bicyclic) bond motifs is 2. The molecule has 1 unspecified atom stereocenters. The summed E-state index contributed by atoms with van der Waals surface area (Å²) in [6, 6.07) is 4.96. The van der Waals surface area contributed by atoms with Crippen LogP contribution in [-0.4, -0.2) is 29.1 Å². The monoisotopic (exact) mass is 404 g/mol. The highest BCUT2D eigenvalue weighted by Gasteiger charge is 2.21. The first-order chi connectivity index (χ1) is 14.3. The molecule has 0 aliphatic heterocycles. The summed E-state index contributed by atoms with van der Waals surface area (Å²) in [6.45, 7) is 15.5. The summed E-state index contributed by atoms with van der Waals surface area (Å²) in [5, 5.41) is 1.12. The normalized spacial score (nSPS) is 13.4. The molecule has 0 bridgehead atoms. The van der Waals surface area contributed by atoms with Crippen molar-refractivity contribution in [2.75, 3.05) is 0 Å². The van der Waals surface area contributed by atoms with Gasteiger partial charge in [0.1, 0.15) is 22.8 Å². The Morgan fingerprint density at radius 1 is 0.900 bits per heavy atom. The number of hydrogen-bond donors (Lipinski definition) is 0. The van der Waals surface area contributed by atoms with Gasteiger partial charge in [-0.1, -0.05) is 20.8 Å². The molecule has 0 fully saturated rings. The molecule has 0 spiro atoms. The molecule has 6 nitrogen and oxygen atoms in total. The van der Waals surface area contributed by atoms with Crippen molar-refractivity contribution in [3.05, 3.63) is 48.1 Å². The van der Waals surface area contributed by atoms with Gasteiger partial charge in [0.2, 0.25) is 0 Å². The van der Waals surface area contributed by atoms with Gasteiger partial charge in [0.25, 0.3) is 0 Å². The summed E-state index contributed by atoms with van der Waals surface area (Å²) in [4.78, 5) is 18.8. The van der Waals surface area contributed by atoms with E-state index in [1.165, 1.54) is 5.69 Å². The van der Waals surface area contributed by atoms with Crippen molar-refractivity contribution in [2.45, 2.75) is 78.8 Å². The van der Waals surface area contributed by atoms with Gasteiger partial charge < -0.3 is 9.13 Å². The van der Waals surface area contributed by atoms with Crippen LogP contribution in [0.25, 0.3) is 22.1 Å². The lowest BCUT2D eigenvalue weighted by molar-refractivity contribution is 0.543. The minimum Gasteiger partial charge on any atom is -0.327 e. The molecule has 4 aromatic heterocycles. The summed E-state index contributed by atoms with van der Waals surface area (Å²) in [7, 11) is 0. The average Bonchev–Trinajstić information content (AvgIpc) is 3.26. The Hall–Kier alpha value is -2.76. The molecule has 4 aromatic rings. The quantitative estimate of drug-likeness (QED) is 0.407. The van der Waals surface area contributed by atoms with Gasteiger partial charge in [0.15, 0.2) is 0 Å². The van der Waals surface area contributed by atoms with Crippen LogP contribution in [0.15, 0.2) is 30.7 Å². The fraction of sp³-hybridized carbons (Fsp3) is 0.500. The Morgan fingerprint density at radius 3 is 2.30 bits per heavy atom. The molecule has 4 heterocycles. The van der Waals surface area contributed by atoms with Crippen LogP contribution in [0.4, 0.5) is 0 Å². The second-order valence-corrected chi connectivity index (χ2v) is 9.16. The van der Waals surface area contributed by atoms with Crippen molar-refractivity contribution in [1.82, 2.24) is 29.1 Å². The first kappa shape index (κ1) is 20.5. The molecule has 0 radical (unpaired) electrons. The van der Waals surface area contributed by atoms with Gasteiger partial charge in [-0.3, -0.25) is 4.98 Å². The van der Waals surface area contributed by atoms with Crippen LogP contribution in [0.2, 0.25) is 0 Å². The van der Waals surface area contributed by atoms with E-state index in [0.717, 1.165) is 40.1 Å². The van der Waals surface area contributed by atoms with Gasteiger partial charge in [-0.25, -0.2) is 15.0 Å². The van der Waals surface area contributed by atoms with E-state index in [-0.39, 0.29) is 5.92 Å². The topological polar surface area (TPSA) is 61.4 Å². The molecule has 0 aliphatic carbocycles. The Labute approximate surface area is 178 Å². The zero-order valence-corrected chi connectivity index (χ0v) is 19.1. The van der Waals surface area contributed by atoms with Gasteiger partial charge in [0.05, 0.1) is 11.7 Å². The summed E-state index contributed by atoms with van der Waals surface area (Å²) >= 11 is 0. The molecule has 30 heavy (non-hydrogen) atoms. The number of pyridine rings is 1. The van der Waals surface area contributed by atoms with E-state index >= 15 is 0 Å². The summed E-state index contributed by atoms with van der Waals surface area (Å²) in [5.41, 5.74) is 4.43. The predicted molar refractivity (Wildman–Crippen MR) is 122 cm³/mol. The molecule has 0 aromatic carbocycles. The number of imidazole rings is 1. The molecule has 6 heteroatoms. The van der Waals surface area contributed by atoms with Gasteiger partial charge >= 0.3 is 0 Å². The highest BCUT2D eigenvalue weighted by molar-refractivity contribution is 5.77. The zero-order valence-electron chi connectivity index (χ0n) is 19.1. The van der Waals surface area contributed by atoms with E-state index in [1.807, 2.05) is 24.7 Å². The minimum atomic E-state index is 0.198. The Kier molecular flexibility index (Phi) is 5.35. The van der Waals surface area contributed by atoms with Crippen LogP contribution in [0.5, 0.6) is 0 Å². The second-order valence-electron chi connectivity index (χ2n) is 9.16. The van der Waals surface area contributed by atoms with Crippen LogP contribution >= 0.6 is 0 Å². The lowest BCUT2D eigenvalue weighted by Crippen LogP contribution is -2.13. The van der Waals surface area contributed by atoms with Crippen molar-refractivity contribution in [3.8, 4) is 0 Å². The Balaban J connectivity index is 1.73. The fourth-order valence-corrected chi connectivity index (χ4v) is 4.37. The van der Waals surface area contributed by atoms with E-state index in [1.54, 1.807) is 0 Å². The second kappa shape index (κ2) is 7.82. The molecule has 0 amide bonds. The molecule has 1 atom stereocenters. The first-order valence-electron chi connectivity index (χ1n) is 11.0. The lowest BCUT2D eigenvalue weighted by Gasteiger charge is -2.18. The SMILES string of the molecule is CC(C)c1cc2cnc(CC(C)c3nc4cnccc4n3C(C)C)nc2n1C(C)C. The maximum atomic E-state index is 5.00. The summed E-state index contributed by atoms with van der Waals surface area (Å²) in [5.74, 6) is 2.58. The van der Waals surface area contributed by atoms with Crippen molar-refractivity contribution in [3.63, 3.8) is 0 Å². The summed E-state index contributed by atoms with van der Waals surface area (Å²) < 4.78 is 4.67. The van der Waals surface area contributed by atoms with Crippen molar-refractivity contribution in [2.24, 2.45) is 0 Å². The van der Waals surface area contributed by atoms with Crippen molar-refractivity contribution < 1.29 is 0 Å². The van der Waals surface area contributed by atoms with Crippen LogP contribution in [0, 0.1) is 0 Å². The number of aromatic nitrogens is 6. The molecule has 0 N–H and O–H groups in total. The largest absolute Gasteiger partial charge is 0.327 e. The molecular weight excluding hydrogens is 372 g/mol. The van der Waals surface area contributed by atoms with Crippen LogP contribution < -0.4 is 0 Å². The van der Waals surface area contributed by atoms with Crippen LogP contribution in [-0.2, 0) is 6.42 Å².